The predicted molar refractivity (Wildman–Crippen MR) is 75.2 cm³/mol. The zero-order valence-electron chi connectivity index (χ0n) is 12.4. The fourth-order valence-electron chi connectivity index (χ4n) is 2.27. The highest BCUT2D eigenvalue weighted by Gasteiger charge is 2.18. The van der Waals surface area contributed by atoms with E-state index in [1.807, 2.05) is 6.92 Å². The van der Waals surface area contributed by atoms with Crippen molar-refractivity contribution in [1.29, 1.82) is 0 Å². The summed E-state index contributed by atoms with van der Waals surface area (Å²) in [6.07, 6.45) is -0.170. The molecule has 1 heterocycles. The first-order valence-corrected chi connectivity index (χ1v) is 6.92. The summed E-state index contributed by atoms with van der Waals surface area (Å²) in [6, 6.07) is 5.42. The molecule has 1 aromatic carbocycles. The molecule has 2 rings (SSSR count). The van der Waals surface area contributed by atoms with Crippen molar-refractivity contribution in [2.75, 3.05) is 39.8 Å². The number of ether oxygens (including phenoxy) is 1. The number of carbonyl (C=O) groups excluding carboxylic acids is 1. The van der Waals surface area contributed by atoms with Gasteiger partial charge in [-0.2, -0.15) is 0 Å². The molecule has 0 N–H and O–H groups in total. The van der Waals surface area contributed by atoms with Crippen molar-refractivity contribution < 1.29 is 26.3 Å². The summed E-state index contributed by atoms with van der Waals surface area (Å²) in [5, 5.41) is 0. The predicted octanol–water partition coefficient (Wildman–Crippen LogP) is -1.38. The lowest BCUT2D eigenvalue weighted by Crippen LogP contribution is -3.00. The van der Waals surface area contributed by atoms with Crippen LogP contribution in [0.2, 0.25) is 0 Å². The topological polar surface area (TPSA) is 32.8 Å². The van der Waals surface area contributed by atoms with Gasteiger partial charge in [0.1, 0.15) is 11.9 Å². The van der Waals surface area contributed by atoms with Gasteiger partial charge in [-0.05, 0) is 38.2 Å². The standard InChI is InChI=1S/C15H21FN2O2.ClH/c1-12(11-18-9-7-17(2)8-10-18)20-15(19)13-3-5-14(16)6-4-13;/h3-6,12H,7-11H2,1-2H3;1H/p-1. The second kappa shape index (κ2) is 8.32. The molecule has 21 heavy (non-hydrogen) atoms. The van der Waals surface area contributed by atoms with Gasteiger partial charge in [0.25, 0.3) is 0 Å². The number of piperazine rings is 1. The largest absolute Gasteiger partial charge is 1.00 e. The summed E-state index contributed by atoms with van der Waals surface area (Å²) < 4.78 is 18.2. The van der Waals surface area contributed by atoms with E-state index in [2.05, 4.69) is 16.8 Å². The van der Waals surface area contributed by atoms with Crippen LogP contribution in [-0.4, -0.2) is 61.6 Å². The molecule has 1 aromatic rings. The summed E-state index contributed by atoms with van der Waals surface area (Å²) in [7, 11) is 2.11. The maximum Gasteiger partial charge on any atom is 0.338 e. The minimum Gasteiger partial charge on any atom is -1.00 e. The molecule has 118 valence electrons. The zero-order chi connectivity index (χ0) is 14.5. The van der Waals surface area contributed by atoms with Gasteiger partial charge in [-0.15, -0.1) is 0 Å². The van der Waals surface area contributed by atoms with Crippen molar-refractivity contribution in [3.8, 4) is 0 Å². The van der Waals surface area contributed by atoms with E-state index in [0.29, 0.717) is 5.56 Å². The number of esters is 1. The third kappa shape index (κ3) is 5.61. The first kappa shape index (κ1) is 17.9. The highest BCUT2D eigenvalue weighted by Crippen LogP contribution is 2.08. The van der Waals surface area contributed by atoms with Crippen molar-refractivity contribution >= 4 is 5.97 Å². The average molecular weight is 316 g/mol. The van der Waals surface area contributed by atoms with Gasteiger partial charge >= 0.3 is 5.97 Å². The van der Waals surface area contributed by atoms with E-state index in [4.69, 9.17) is 4.74 Å². The molecule has 0 aromatic heterocycles. The molecular formula is C15H21ClFN2O2-. The maximum absolute atomic E-state index is 12.8. The Morgan fingerprint density at radius 3 is 2.38 bits per heavy atom. The van der Waals surface area contributed by atoms with E-state index in [1.54, 1.807) is 0 Å². The molecular weight excluding hydrogens is 295 g/mol. The van der Waals surface area contributed by atoms with Crippen LogP contribution in [0.5, 0.6) is 0 Å². The molecule has 1 aliphatic rings. The molecule has 0 spiro atoms. The summed E-state index contributed by atoms with van der Waals surface area (Å²) in [6.45, 7) is 6.70. The minimum absolute atomic E-state index is 0. The lowest BCUT2D eigenvalue weighted by Gasteiger charge is -2.33. The molecule has 0 radical (unpaired) electrons. The van der Waals surface area contributed by atoms with Crippen molar-refractivity contribution in [1.82, 2.24) is 9.80 Å². The van der Waals surface area contributed by atoms with Crippen LogP contribution in [0, 0.1) is 5.82 Å². The number of benzene rings is 1. The lowest BCUT2D eigenvalue weighted by atomic mass is 10.2. The Bertz CT molecular complexity index is 447. The third-order valence-corrected chi connectivity index (χ3v) is 3.50. The van der Waals surface area contributed by atoms with Gasteiger partial charge in [0.15, 0.2) is 0 Å². The second-order valence-electron chi connectivity index (χ2n) is 5.33. The number of hydrogen-bond donors (Lipinski definition) is 0. The number of likely N-dealkylation sites (N-methyl/N-ethyl adjacent to an activating group) is 1. The summed E-state index contributed by atoms with van der Waals surface area (Å²) >= 11 is 0. The maximum atomic E-state index is 12.8. The van der Waals surface area contributed by atoms with Crippen LogP contribution in [0.3, 0.4) is 0 Å². The molecule has 0 bridgehead atoms. The highest BCUT2D eigenvalue weighted by molar-refractivity contribution is 5.89. The summed E-state index contributed by atoms with van der Waals surface area (Å²) in [4.78, 5) is 16.5. The van der Waals surface area contributed by atoms with Crippen LogP contribution in [0.25, 0.3) is 0 Å². The van der Waals surface area contributed by atoms with Gasteiger partial charge in [-0.25, -0.2) is 9.18 Å². The summed E-state index contributed by atoms with van der Waals surface area (Å²) in [5.41, 5.74) is 0.386. The molecule has 1 saturated heterocycles. The fourth-order valence-corrected chi connectivity index (χ4v) is 2.27. The van der Waals surface area contributed by atoms with Gasteiger partial charge in [0, 0.05) is 32.7 Å². The molecule has 1 aliphatic heterocycles. The van der Waals surface area contributed by atoms with Crippen molar-refractivity contribution in [2.45, 2.75) is 13.0 Å². The van der Waals surface area contributed by atoms with Gasteiger partial charge in [-0.3, -0.25) is 4.90 Å². The van der Waals surface area contributed by atoms with E-state index in [1.165, 1.54) is 24.3 Å². The zero-order valence-corrected chi connectivity index (χ0v) is 13.1. The molecule has 0 aliphatic carbocycles. The monoisotopic (exact) mass is 315 g/mol. The second-order valence-corrected chi connectivity index (χ2v) is 5.33. The number of halogens is 2. The van der Waals surface area contributed by atoms with Crippen LogP contribution in [-0.2, 0) is 4.74 Å². The average Bonchev–Trinajstić information content (AvgIpc) is 2.42. The van der Waals surface area contributed by atoms with Gasteiger partial charge in [-0.1, -0.05) is 0 Å². The van der Waals surface area contributed by atoms with Crippen molar-refractivity contribution in [3.05, 3.63) is 35.6 Å². The van der Waals surface area contributed by atoms with E-state index in [9.17, 15) is 9.18 Å². The number of rotatable bonds is 4. The lowest BCUT2D eigenvalue weighted by molar-refractivity contribution is -0.0000477. The first-order chi connectivity index (χ1) is 9.54. The Hall–Kier alpha value is -1.17. The van der Waals surface area contributed by atoms with E-state index >= 15 is 0 Å². The Morgan fingerprint density at radius 1 is 1.24 bits per heavy atom. The number of carbonyl (C=O) groups is 1. The van der Waals surface area contributed by atoms with Gasteiger partial charge in [0.05, 0.1) is 5.56 Å². The Balaban J connectivity index is 0.00000220. The number of hydrogen-bond acceptors (Lipinski definition) is 4. The van der Waals surface area contributed by atoms with Crippen LogP contribution < -0.4 is 12.4 Å². The van der Waals surface area contributed by atoms with E-state index < -0.39 is 5.97 Å². The molecule has 0 amide bonds. The normalized spacial score (nSPS) is 17.9. The fraction of sp³-hybridized carbons (Fsp3) is 0.533. The third-order valence-electron chi connectivity index (χ3n) is 3.50. The molecule has 0 saturated carbocycles. The van der Waals surface area contributed by atoms with Crippen LogP contribution in [0.4, 0.5) is 4.39 Å². The Kier molecular flexibility index (Phi) is 7.08. The van der Waals surface area contributed by atoms with Crippen molar-refractivity contribution in [2.24, 2.45) is 0 Å². The SMILES string of the molecule is CC(CN1CCN(C)CC1)OC(=O)c1ccc(F)cc1.[Cl-]. The molecule has 1 fully saturated rings. The smallest absolute Gasteiger partial charge is 0.338 e. The molecule has 1 unspecified atom stereocenters. The summed E-state index contributed by atoms with van der Waals surface area (Å²) in [5.74, 6) is -0.751. The minimum atomic E-state index is -0.397. The Morgan fingerprint density at radius 2 is 1.81 bits per heavy atom. The van der Waals surface area contributed by atoms with Crippen molar-refractivity contribution in [3.63, 3.8) is 0 Å². The molecule has 1 atom stereocenters. The van der Waals surface area contributed by atoms with Gasteiger partial charge < -0.3 is 22.0 Å². The van der Waals surface area contributed by atoms with Crippen LogP contribution in [0.1, 0.15) is 17.3 Å². The molecule has 4 nitrogen and oxygen atoms in total. The number of nitrogens with zero attached hydrogens (tertiary/aromatic N) is 2. The quantitative estimate of drug-likeness (QED) is 0.642. The molecule has 6 heteroatoms. The first-order valence-electron chi connectivity index (χ1n) is 6.92. The Labute approximate surface area is 131 Å². The van der Waals surface area contributed by atoms with Crippen LogP contribution in [0.15, 0.2) is 24.3 Å². The van der Waals surface area contributed by atoms with Gasteiger partial charge in [0.2, 0.25) is 0 Å². The van der Waals surface area contributed by atoms with E-state index in [0.717, 1.165) is 32.7 Å². The van der Waals surface area contributed by atoms with Crippen LogP contribution >= 0.6 is 0 Å². The highest BCUT2D eigenvalue weighted by atomic mass is 35.5. The van der Waals surface area contributed by atoms with E-state index in [-0.39, 0.29) is 24.3 Å².